The van der Waals surface area contributed by atoms with Crippen LogP contribution in [0.2, 0.25) is 0 Å². The Hall–Kier alpha value is -3.81. The van der Waals surface area contributed by atoms with Gasteiger partial charge in [0.1, 0.15) is 29.6 Å². The zero-order chi connectivity index (χ0) is 33.7. The van der Waals surface area contributed by atoms with Crippen molar-refractivity contribution in [2.75, 3.05) is 46.9 Å². The monoisotopic (exact) mass is 624 g/mol. The van der Waals surface area contributed by atoms with Crippen molar-refractivity contribution in [3.63, 3.8) is 0 Å². The molecule has 44 heavy (non-hydrogen) atoms. The molecule has 1 heterocycles. The highest BCUT2D eigenvalue weighted by molar-refractivity contribution is 6.13. The van der Waals surface area contributed by atoms with Crippen molar-refractivity contribution in [3.8, 4) is 0 Å². The number of imide groups is 1. The molecule has 0 aromatic rings. The van der Waals surface area contributed by atoms with Gasteiger partial charge in [-0.2, -0.15) is 0 Å². The number of carbonyl (C=O) groups excluding carboxylic acids is 7. The van der Waals surface area contributed by atoms with Crippen LogP contribution in [0, 0.1) is 0 Å². The first-order valence-electron chi connectivity index (χ1n) is 14.6. The molecule has 0 fully saturated rings. The average molecular weight is 625 g/mol. The van der Waals surface area contributed by atoms with Crippen molar-refractivity contribution in [2.24, 2.45) is 0 Å². The van der Waals surface area contributed by atoms with E-state index in [9.17, 15) is 33.6 Å². The summed E-state index contributed by atoms with van der Waals surface area (Å²) in [7, 11) is 2.97. The summed E-state index contributed by atoms with van der Waals surface area (Å²) in [5.74, 6) is -2.83. The average Bonchev–Trinajstić information content (AvgIpc) is 3.22. The van der Waals surface area contributed by atoms with Gasteiger partial charge in [-0.3, -0.25) is 33.7 Å². The molecule has 1 atom stereocenters. The fourth-order valence-electron chi connectivity index (χ4n) is 3.84. The van der Waals surface area contributed by atoms with Crippen molar-refractivity contribution < 1.29 is 47.8 Å². The number of amides is 5. The molecule has 248 valence electrons. The lowest BCUT2D eigenvalue weighted by Crippen LogP contribution is -2.50. The maximum Gasteiger partial charge on any atom is 0.410 e. The zero-order valence-electron chi connectivity index (χ0n) is 27.2. The quantitative estimate of drug-likeness (QED) is 0.143. The number of likely N-dealkylation sites (N-methyl/N-ethyl adjacent to an activating group) is 1. The normalized spacial score (nSPS) is 13.9. The SMILES string of the molecule is CN(CCCNC(=O)[C@H](CC(=O)OC(C)(C)C)N(C)C(=O)COCCCC(=O)CCN1C(=O)C=CC1=O)C(=O)OC(C)(C)C. The third kappa shape index (κ3) is 15.1. The van der Waals surface area contributed by atoms with E-state index >= 15 is 0 Å². The highest BCUT2D eigenvalue weighted by Gasteiger charge is 2.31. The van der Waals surface area contributed by atoms with Crippen LogP contribution in [-0.2, 0) is 43.0 Å². The molecule has 14 nitrogen and oxygen atoms in total. The second kappa shape index (κ2) is 17.5. The van der Waals surface area contributed by atoms with Crippen LogP contribution in [-0.4, -0.2) is 120 Å². The Labute approximate surface area is 259 Å². The van der Waals surface area contributed by atoms with E-state index in [0.29, 0.717) is 19.4 Å². The van der Waals surface area contributed by atoms with Gasteiger partial charge in [-0.1, -0.05) is 0 Å². The Morgan fingerprint density at radius 3 is 2.05 bits per heavy atom. The van der Waals surface area contributed by atoms with Gasteiger partial charge in [0, 0.05) is 65.3 Å². The van der Waals surface area contributed by atoms with Gasteiger partial charge in [-0.15, -0.1) is 0 Å². The molecule has 0 aromatic carbocycles. The number of hydrogen-bond donors (Lipinski definition) is 1. The first-order valence-corrected chi connectivity index (χ1v) is 14.6. The second-order valence-electron chi connectivity index (χ2n) is 12.5. The molecule has 1 N–H and O–H groups in total. The maximum atomic E-state index is 13.1. The number of ketones is 1. The summed E-state index contributed by atoms with van der Waals surface area (Å²) in [6, 6.07) is -1.17. The molecule has 0 aromatic heterocycles. The van der Waals surface area contributed by atoms with Gasteiger partial charge in [0.2, 0.25) is 11.8 Å². The molecular weight excluding hydrogens is 576 g/mol. The predicted molar refractivity (Wildman–Crippen MR) is 159 cm³/mol. The lowest BCUT2D eigenvalue weighted by atomic mass is 10.1. The number of esters is 1. The third-order valence-electron chi connectivity index (χ3n) is 6.10. The van der Waals surface area contributed by atoms with Crippen LogP contribution in [0.25, 0.3) is 0 Å². The predicted octanol–water partition coefficient (Wildman–Crippen LogP) is 1.60. The number of nitrogens with one attached hydrogen (secondary N) is 1. The van der Waals surface area contributed by atoms with E-state index in [1.165, 1.54) is 11.9 Å². The molecule has 1 aliphatic heterocycles. The first kappa shape index (κ1) is 38.2. The molecule has 0 unspecified atom stereocenters. The standard InChI is InChI=1S/C30H48N4O10/c1-29(2,3)43-26(39)19-22(27(40)31-15-10-16-32(7)28(41)44-30(4,5)6)33(8)25(38)20-42-18-9-11-21(35)14-17-34-23(36)12-13-24(34)37/h12-13,22H,9-11,14-20H2,1-8H3,(H,31,40)/t22-/m0/s1. The van der Waals surface area contributed by atoms with Gasteiger partial charge in [0.25, 0.3) is 11.8 Å². The Bertz CT molecular complexity index is 1070. The summed E-state index contributed by atoms with van der Waals surface area (Å²) in [5.41, 5.74) is -1.42. The summed E-state index contributed by atoms with van der Waals surface area (Å²) >= 11 is 0. The summed E-state index contributed by atoms with van der Waals surface area (Å²) in [6.45, 7) is 10.6. The smallest absolute Gasteiger partial charge is 0.410 e. The minimum absolute atomic E-state index is 0.00911. The molecule has 5 amide bonds. The molecule has 1 aliphatic rings. The lowest BCUT2D eigenvalue weighted by Gasteiger charge is -2.28. The summed E-state index contributed by atoms with van der Waals surface area (Å²) in [4.78, 5) is 89.3. The van der Waals surface area contributed by atoms with E-state index in [-0.39, 0.29) is 51.3 Å². The number of rotatable bonds is 17. The van der Waals surface area contributed by atoms with Crippen molar-refractivity contribution in [3.05, 3.63) is 12.2 Å². The number of Topliss-reactive ketones (excluding diaryl/α,β-unsaturated/α-hetero) is 1. The topological polar surface area (TPSA) is 169 Å². The van der Waals surface area contributed by atoms with Gasteiger partial charge >= 0.3 is 12.1 Å². The van der Waals surface area contributed by atoms with E-state index < -0.39 is 52.9 Å². The molecule has 1 rings (SSSR count). The molecular formula is C30H48N4O10. The Balaban J connectivity index is 2.57. The van der Waals surface area contributed by atoms with Crippen LogP contribution in [0.3, 0.4) is 0 Å². The van der Waals surface area contributed by atoms with Crippen LogP contribution >= 0.6 is 0 Å². The summed E-state index contributed by atoms with van der Waals surface area (Å²) < 4.78 is 16.1. The first-order chi connectivity index (χ1) is 20.3. The molecule has 0 saturated heterocycles. The zero-order valence-corrected chi connectivity index (χ0v) is 27.2. The summed E-state index contributed by atoms with van der Waals surface area (Å²) in [5, 5.41) is 2.71. The molecule has 0 radical (unpaired) electrons. The summed E-state index contributed by atoms with van der Waals surface area (Å²) in [6.07, 6.45) is 2.33. The highest BCUT2D eigenvalue weighted by atomic mass is 16.6. The van der Waals surface area contributed by atoms with Gasteiger partial charge in [0.15, 0.2) is 0 Å². The number of nitrogens with zero attached hydrogens (tertiary/aromatic N) is 3. The van der Waals surface area contributed by atoms with Crippen molar-refractivity contribution >= 4 is 41.5 Å². The van der Waals surface area contributed by atoms with E-state index in [1.807, 2.05) is 0 Å². The molecule has 0 aliphatic carbocycles. The Morgan fingerprint density at radius 1 is 0.886 bits per heavy atom. The van der Waals surface area contributed by atoms with Crippen molar-refractivity contribution in [1.82, 2.24) is 20.0 Å². The minimum atomic E-state index is -1.17. The third-order valence-corrected chi connectivity index (χ3v) is 6.10. The maximum absolute atomic E-state index is 13.1. The number of hydrogen-bond acceptors (Lipinski definition) is 10. The molecule has 0 spiro atoms. The largest absolute Gasteiger partial charge is 0.460 e. The molecule has 14 heteroatoms. The Kier molecular flexibility index (Phi) is 15.2. The van der Waals surface area contributed by atoms with E-state index in [2.05, 4.69) is 5.32 Å². The molecule has 0 saturated carbocycles. The van der Waals surface area contributed by atoms with Gasteiger partial charge in [0.05, 0.1) is 6.42 Å². The van der Waals surface area contributed by atoms with E-state index in [0.717, 1.165) is 22.0 Å². The van der Waals surface area contributed by atoms with Crippen LogP contribution in [0.5, 0.6) is 0 Å². The van der Waals surface area contributed by atoms with Crippen LogP contribution < -0.4 is 5.32 Å². The number of ether oxygens (including phenoxy) is 3. The van der Waals surface area contributed by atoms with E-state index in [1.54, 1.807) is 48.6 Å². The molecule has 0 bridgehead atoms. The van der Waals surface area contributed by atoms with Gasteiger partial charge < -0.3 is 29.3 Å². The fraction of sp³-hybridized carbons (Fsp3) is 0.700. The van der Waals surface area contributed by atoms with Gasteiger partial charge in [-0.05, 0) is 54.4 Å². The fourth-order valence-corrected chi connectivity index (χ4v) is 3.84. The van der Waals surface area contributed by atoms with Crippen molar-refractivity contribution in [1.29, 1.82) is 0 Å². The Morgan fingerprint density at radius 2 is 1.48 bits per heavy atom. The van der Waals surface area contributed by atoms with Crippen LogP contribution in [0.4, 0.5) is 4.79 Å². The van der Waals surface area contributed by atoms with Gasteiger partial charge in [-0.25, -0.2) is 4.79 Å². The second-order valence-corrected chi connectivity index (χ2v) is 12.5. The van der Waals surface area contributed by atoms with Crippen molar-refractivity contribution in [2.45, 2.75) is 90.9 Å². The van der Waals surface area contributed by atoms with Crippen LogP contribution in [0.15, 0.2) is 12.2 Å². The van der Waals surface area contributed by atoms with Crippen LogP contribution in [0.1, 0.15) is 73.6 Å². The minimum Gasteiger partial charge on any atom is -0.460 e. The van der Waals surface area contributed by atoms with E-state index in [4.69, 9.17) is 14.2 Å². The lowest BCUT2D eigenvalue weighted by molar-refractivity contribution is -0.159. The number of carbonyl (C=O) groups is 7. The highest BCUT2D eigenvalue weighted by Crippen LogP contribution is 2.13.